The van der Waals surface area contributed by atoms with Crippen molar-refractivity contribution in [1.29, 1.82) is 0 Å². The molecule has 28 heavy (non-hydrogen) atoms. The molecule has 2 aromatic heterocycles. The lowest BCUT2D eigenvalue weighted by atomic mass is 10.4. The minimum Gasteiger partial charge on any atom is -0.373 e. The zero-order valence-electron chi connectivity index (χ0n) is 14.5. The monoisotopic (exact) mass is 438 g/mol. The van der Waals surface area contributed by atoms with E-state index in [0.717, 1.165) is 6.20 Å². The maximum Gasteiger partial charge on any atom is 0.350 e. The van der Waals surface area contributed by atoms with Crippen molar-refractivity contribution < 1.29 is 33.4 Å². The van der Waals surface area contributed by atoms with Crippen LogP contribution in [0.4, 0.5) is 5.95 Å². The Morgan fingerprint density at radius 3 is 2.64 bits per heavy atom. The largest absolute Gasteiger partial charge is 0.373 e. The van der Waals surface area contributed by atoms with Crippen molar-refractivity contribution in [3.8, 4) is 0 Å². The number of aromatic nitrogens is 4. The van der Waals surface area contributed by atoms with Crippen molar-refractivity contribution in [1.82, 2.24) is 24.4 Å². The quantitative estimate of drug-likeness (QED) is 0.190. The van der Waals surface area contributed by atoms with Crippen LogP contribution in [0.5, 0.6) is 0 Å². The molecule has 7 N–H and O–H groups in total. The average molecular weight is 438 g/mol. The molecule has 0 unspecified atom stereocenters. The predicted octanol–water partition coefficient (Wildman–Crippen LogP) is -1.20. The van der Waals surface area contributed by atoms with Crippen LogP contribution in [0, 0.1) is 0 Å². The summed E-state index contributed by atoms with van der Waals surface area (Å²) in [7, 11) is -8.71. The third kappa shape index (κ3) is 7.17. The van der Waals surface area contributed by atoms with E-state index in [1.807, 2.05) is 0 Å². The molecular weight excluding hydrogens is 418 g/mol. The first-order valence-electron chi connectivity index (χ1n) is 7.76. The van der Waals surface area contributed by atoms with Gasteiger partial charge in [-0.25, -0.2) is 4.98 Å². The van der Waals surface area contributed by atoms with E-state index < -0.39 is 27.1 Å². The molecular formula is C12H20N6O8P2. The first-order valence-corrected chi connectivity index (χ1v) is 11.2. The number of hydrogen-bond donors (Lipinski definition) is 6. The van der Waals surface area contributed by atoms with Crippen LogP contribution in [0.1, 0.15) is 0 Å². The van der Waals surface area contributed by atoms with Gasteiger partial charge in [-0.1, -0.05) is 0 Å². The Morgan fingerprint density at radius 1 is 1.29 bits per heavy atom. The molecule has 16 heteroatoms. The minimum atomic E-state index is -4.40. The first-order chi connectivity index (χ1) is 12.9. The Morgan fingerprint density at radius 2 is 2.00 bits per heavy atom. The maximum absolute atomic E-state index is 11.8. The molecule has 0 aliphatic carbocycles. The third-order valence-electron chi connectivity index (χ3n) is 3.38. The summed E-state index contributed by atoms with van der Waals surface area (Å²) in [6, 6.07) is 0. The van der Waals surface area contributed by atoms with Gasteiger partial charge in [0.05, 0.1) is 12.9 Å². The van der Waals surface area contributed by atoms with Crippen LogP contribution in [-0.2, 0) is 20.4 Å². The maximum atomic E-state index is 11.8. The zero-order chi connectivity index (χ0) is 20.9. The summed E-state index contributed by atoms with van der Waals surface area (Å²) in [5.74, 6) is 0.617. The zero-order valence-corrected chi connectivity index (χ0v) is 16.2. The van der Waals surface area contributed by atoms with Crippen LogP contribution >= 0.6 is 15.2 Å². The van der Waals surface area contributed by atoms with Crippen molar-refractivity contribution in [2.75, 3.05) is 31.8 Å². The number of nitrogens with zero attached hydrogens (tertiary/aromatic N) is 4. The highest BCUT2D eigenvalue weighted by atomic mass is 31.2. The molecule has 2 heterocycles. The summed E-state index contributed by atoms with van der Waals surface area (Å²) >= 11 is 0. The van der Waals surface area contributed by atoms with Crippen LogP contribution in [0.15, 0.2) is 23.1 Å². The van der Waals surface area contributed by atoms with Gasteiger partial charge in [0.2, 0.25) is 5.95 Å². The summed E-state index contributed by atoms with van der Waals surface area (Å²) in [6.07, 6.45) is 1.78. The standard InChI is InChI=1S/C12H20N6O8P2/c13-12-15-10-9(11(19)16-12)14-7-18(10)2-1-17(4-6-27(20,21)22)3-5-26-8-28(23,24)25/h4,6-7H,1-3,5,8H2,(H2,20,21,22)(H2,23,24,25)(H3,13,15,16,19)/b6-4+. The fourth-order valence-corrected chi connectivity index (χ4v) is 2.91. The highest BCUT2D eigenvalue weighted by Crippen LogP contribution is 2.36. The van der Waals surface area contributed by atoms with E-state index >= 15 is 0 Å². The molecule has 2 aromatic rings. The molecule has 0 aromatic carbocycles. The van der Waals surface area contributed by atoms with Gasteiger partial charge in [-0.3, -0.25) is 18.9 Å². The molecule has 0 atom stereocenters. The Labute approximate surface area is 158 Å². The lowest BCUT2D eigenvalue weighted by Crippen LogP contribution is -2.26. The number of rotatable bonds is 10. The Hall–Kier alpha value is -2.05. The second-order valence-electron chi connectivity index (χ2n) is 5.69. The van der Waals surface area contributed by atoms with Gasteiger partial charge in [0.15, 0.2) is 11.2 Å². The van der Waals surface area contributed by atoms with Crippen LogP contribution in [0.2, 0.25) is 0 Å². The number of nitrogens with one attached hydrogen (secondary N) is 1. The van der Waals surface area contributed by atoms with Crippen LogP contribution in [0.3, 0.4) is 0 Å². The smallest absolute Gasteiger partial charge is 0.350 e. The number of imidazole rings is 1. The van der Waals surface area contributed by atoms with E-state index in [2.05, 4.69) is 15.0 Å². The molecule has 156 valence electrons. The topological polar surface area (TPSA) is 217 Å². The molecule has 14 nitrogen and oxygen atoms in total. The minimum absolute atomic E-state index is 0.0802. The van der Waals surface area contributed by atoms with Gasteiger partial charge >= 0.3 is 15.2 Å². The molecule has 0 saturated carbocycles. The normalized spacial score (nSPS) is 12.9. The van der Waals surface area contributed by atoms with E-state index in [1.165, 1.54) is 15.8 Å². The second-order valence-corrected chi connectivity index (χ2v) is 8.75. The van der Waals surface area contributed by atoms with Crippen molar-refractivity contribution in [2.24, 2.45) is 0 Å². The summed E-state index contributed by atoms with van der Waals surface area (Å²) in [5, 5.41) is 0. The average Bonchev–Trinajstić information content (AvgIpc) is 2.94. The van der Waals surface area contributed by atoms with E-state index in [-0.39, 0.29) is 43.4 Å². The van der Waals surface area contributed by atoms with Crippen LogP contribution in [0.25, 0.3) is 11.2 Å². The summed E-state index contributed by atoms with van der Waals surface area (Å²) in [5.41, 5.74) is 5.37. The molecule has 0 saturated heterocycles. The lowest BCUT2D eigenvalue weighted by Gasteiger charge is -2.21. The van der Waals surface area contributed by atoms with Gasteiger partial charge in [0.1, 0.15) is 6.35 Å². The van der Waals surface area contributed by atoms with Gasteiger partial charge in [-0.2, -0.15) is 4.98 Å². The van der Waals surface area contributed by atoms with E-state index in [4.69, 9.17) is 30.0 Å². The molecule has 0 radical (unpaired) electrons. The second kappa shape index (κ2) is 8.97. The van der Waals surface area contributed by atoms with Crippen molar-refractivity contribution >= 4 is 32.3 Å². The lowest BCUT2D eigenvalue weighted by molar-refractivity contribution is 0.136. The van der Waals surface area contributed by atoms with Crippen molar-refractivity contribution in [3.63, 3.8) is 0 Å². The summed E-state index contributed by atoms with van der Waals surface area (Å²) in [4.78, 5) is 59.0. The molecule has 0 aliphatic rings. The van der Waals surface area contributed by atoms with Gasteiger partial charge in [-0.15, -0.1) is 0 Å². The van der Waals surface area contributed by atoms with Gasteiger partial charge < -0.3 is 39.5 Å². The van der Waals surface area contributed by atoms with Gasteiger partial charge in [0.25, 0.3) is 5.56 Å². The number of hydrogen-bond acceptors (Lipinski definition) is 8. The van der Waals surface area contributed by atoms with Crippen LogP contribution < -0.4 is 11.3 Å². The molecule has 0 amide bonds. The summed E-state index contributed by atoms with van der Waals surface area (Å²) < 4.78 is 28.2. The van der Waals surface area contributed by atoms with Gasteiger partial charge in [-0.05, 0) is 0 Å². The number of anilines is 1. The van der Waals surface area contributed by atoms with Crippen molar-refractivity contribution in [2.45, 2.75) is 6.54 Å². The third-order valence-corrected chi connectivity index (χ3v) is 4.42. The molecule has 2 rings (SSSR count). The SMILES string of the molecule is Nc1nc2c(ncn2CCN(/C=C/P(=O)(O)O)CCOCP(=O)(O)O)c(=O)[nH]1. The molecule has 0 fully saturated rings. The predicted molar refractivity (Wildman–Crippen MR) is 98.2 cm³/mol. The fraction of sp³-hybridized carbons (Fsp3) is 0.417. The Bertz CT molecular complexity index is 992. The first kappa shape index (κ1) is 22.2. The number of aromatic amines is 1. The number of fused-ring (bicyclic) bond motifs is 1. The number of nitrogens with two attached hydrogens (primary N) is 1. The molecule has 0 spiro atoms. The van der Waals surface area contributed by atoms with Crippen molar-refractivity contribution in [3.05, 3.63) is 28.7 Å². The van der Waals surface area contributed by atoms with Crippen LogP contribution in [-0.4, -0.2) is 70.0 Å². The highest BCUT2D eigenvalue weighted by Gasteiger charge is 2.14. The van der Waals surface area contributed by atoms with E-state index in [0.29, 0.717) is 5.82 Å². The highest BCUT2D eigenvalue weighted by molar-refractivity contribution is 7.55. The number of H-pyrrole nitrogens is 1. The van der Waals surface area contributed by atoms with E-state index in [1.54, 1.807) is 0 Å². The molecule has 0 bridgehead atoms. The fourth-order valence-electron chi connectivity index (χ4n) is 2.18. The number of ether oxygens (including phenoxy) is 1. The number of nitrogen functional groups attached to an aromatic ring is 1. The Kier molecular flexibility index (Phi) is 7.12. The molecule has 0 aliphatic heterocycles. The van der Waals surface area contributed by atoms with Gasteiger partial charge in [0, 0.05) is 31.7 Å². The summed E-state index contributed by atoms with van der Waals surface area (Å²) in [6.45, 7) is 0.442. The van der Waals surface area contributed by atoms with E-state index in [9.17, 15) is 13.9 Å². The Balaban J connectivity index is 2.07.